The lowest BCUT2D eigenvalue weighted by atomic mass is 10.1. The minimum atomic E-state index is -0.0124. The number of para-hydroxylation sites is 1. The monoisotopic (exact) mass is 424 g/mol. The van der Waals surface area contributed by atoms with E-state index in [9.17, 15) is 9.90 Å². The van der Waals surface area contributed by atoms with Gasteiger partial charge in [-0.15, -0.1) is 0 Å². The predicted molar refractivity (Wildman–Crippen MR) is 125 cm³/mol. The lowest BCUT2D eigenvalue weighted by molar-refractivity contribution is 0.0747. The summed E-state index contributed by atoms with van der Waals surface area (Å²) in [5.41, 5.74) is 4.10. The average molecular weight is 425 g/mol. The summed E-state index contributed by atoms with van der Waals surface area (Å²) >= 11 is 0. The molecule has 1 aliphatic heterocycles. The van der Waals surface area contributed by atoms with Crippen LogP contribution in [0.2, 0.25) is 0 Å². The fourth-order valence-corrected chi connectivity index (χ4v) is 4.08. The number of piperazine rings is 1. The number of phenols is 1. The maximum atomic E-state index is 13.5. The Morgan fingerprint density at radius 2 is 1.44 bits per heavy atom. The summed E-state index contributed by atoms with van der Waals surface area (Å²) in [5, 5.41) is 14.5. The molecule has 1 saturated heterocycles. The van der Waals surface area contributed by atoms with Crippen molar-refractivity contribution in [3.8, 4) is 22.7 Å². The van der Waals surface area contributed by atoms with Crippen molar-refractivity contribution in [2.75, 3.05) is 31.1 Å². The standard InChI is InChI=1S/C26H24N4O2/c31-23-13-7-12-22(18-23)28-14-16-29(17-15-28)26(32)24-19-30(21-10-5-2-6-11-21)27-25(24)20-8-3-1-4-9-20/h1-13,18-19,31H,14-17H2. The molecule has 1 amide bonds. The second-order valence-electron chi connectivity index (χ2n) is 7.84. The van der Waals surface area contributed by atoms with E-state index in [1.165, 1.54) is 0 Å². The number of hydrogen-bond donors (Lipinski definition) is 1. The normalized spacial score (nSPS) is 13.9. The Balaban J connectivity index is 1.41. The van der Waals surface area contributed by atoms with Crippen molar-refractivity contribution in [1.82, 2.24) is 14.7 Å². The third-order valence-corrected chi connectivity index (χ3v) is 5.77. The van der Waals surface area contributed by atoms with Crippen molar-refractivity contribution in [3.63, 3.8) is 0 Å². The maximum Gasteiger partial charge on any atom is 0.257 e. The van der Waals surface area contributed by atoms with Gasteiger partial charge >= 0.3 is 0 Å². The smallest absolute Gasteiger partial charge is 0.257 e. The zero-order valence-electron chi connectivity index (χ0n) is 17.6. The van der Waals surface area contributed by atoms with Crippen LogP contribution in [-0.2, 0) is 0 Å². The summed E-state index contributed by atoms with van der Waals surface area (Å²) in [4.78, 5) is 17.6. The molecule has 1 fully saturated rings. The van der Waals surface area contributed by atoms with Crippen molar-refractivity contribution in [1.29, 1.82) is 0 Å². The Hall–Kier alpha value is -4.06. The van der Waals surface area contributed by atoms with Crippen molar-refractivity contribution in [2.45, 2.75) is 0 Å². The van der Waals surface area contributed by atoms with E-state index in [4.69, 9.17) is 5.10 Å². The van der Waals surface area contributed by atoms with Gasteiger partial charge in [0, 0.05) is 49.7 Å². The van der Waals surface area contributed by atoms with Crippen LogP contribution in [0.3, 0.4) is 0 Å². The number of nitrogens with zero attached hydrogens (tertiary/aromatic N) is 4. The van der Waals surface area contributed by atoms with Crippen molar-refractivity contribution < 1.29 is 9.90 Å². The molecule has 6 heteroatoms. The van der Waals surface area contributed by atoms with Gasteiger partial charge in [-0.3, -0.25) is 4.79 Å². The molecule has 0 spiro atoms. The summed E-state index contributed by atoms with van der Waals surface area (Å²) in [6.07, 6.45) is 1.83. The summed E-state index contributed by atoms with van der Waals surface area (Å²) in [6.45, 7) is 2.64. The van der Waals surface area contributed by atoms with E-state index in [1.807, 2.05) is 83.9 Å². The molecule has 3 aromatic carbocycles. The molecule has 0 saturated carbocycles. The second-order valence-corrected chi connectivity index (χ2v) is 7.84. The highest BCUT2D eigenvalue weighted by atomic mass is 16.3. The van der Waals surface area contributed by atoms with E-state index >= 15 is 0 Å². The van der Waals surface area contributed by atoms with E-state index < -0.39 is 0 Å². The van der Waals surface area contributed by atoms with Crippen LogP contribution >= 0.6 is 0 Å². The van der Waals surface area contributed by atoms with E-state index in [2.05, 4.69) is 4.90 Å². The molecular weight excluding hydrogens is 400 g/mol. The van der Waals surface area contributed by atoms with Crippen molar-refractivity contribution in [2.24, 2.45) is 0 Å². The summed E-state index contributed by atoms with van der Waals surface area (Å²) in [5.74, 6) is 0.239. The molecular formula is C26H24N4O2. The van der Waals surface area contributed by atoms with Gasteiger partial charge in [-0.1, -0.05) is 54.6 Å². The van der Waals surface area contributed by atoms with Crippen LogP contribution in [0.4, 0.5) is 5.69 Å². The fourth-order valence-electron chi connectivity index (χ4n) is 4.08. The second kappa shape index (κ2) is 8.59. The minimum Gasteiger partial charge on any atom is -0.508 e. The lowest BCUT2D eigenvalue weighted by Crippen LogP contribution is -2.48. The topological polar surface area (TPSA) is 61.6 Å². The third kappa shape index (κ3) is 3.95. The van der Waals surface area contributed by atoms with E-state index in [1.54, 1.807) is 16.8 Å². The van der Waals surface area contributed by atoms with Gasteiger partial charge in [-0.25, -0.2) is 4.68 Å². The molecule has 1 aromatic heterocycles. The van der Waals surface area contributed by atoms with Gasteiger partial charge in [0.1, 0.15) is 11.4 Å². The molecule has 1 aliphatic rings. The molecule has 32 heavy (non-hydrogen) atoms. The maximum absolute atomic E-state index is 13.5. The van der Waals surface area contributed by atoms with Gasteiger partial charge in [-0.2, -0.15) is 5.10 Å². The Bertz CT molecular complexity index is 1210. The SMILES string of the molecule is O=C(c1cn(-c2ccccc2)nc1-c1ccccc1)N1CCN(c2cccc(O)c2)CC1. The molecule has 0 aliphatic carbocycles. The van der Waals surface area contributed by atoms with Gasteiger partial charge in [0.25, 0.3) is 5.91 Å². The average Bonchev–Trinajstić information content (AvgIpc) is 3.30. The molecule has 0 atom stereocenters. The number of aromatic hydroxyl groups is 1. The molecule has 0 bridgehead atoms. The number of rotatable bonds is 4. The number of hydrogen-bond acceptors (Lipinski definition) is 4. The third-order valence-electron chi connectivity index (χ3n) is 5.77. The molecule has 6 nitrogen and oxygen atoms in total. The number of amides is 1. The first-order chi connectivity index (χ1) is 15.7. The number of aromatic nitrogens is 2. The zero-order chi connectivity index (χ0) is 21.9. The van der Waals surface area contributed by atoms with Gasteiger partial charge in [0.2, 0.25) is 0 Å². The quantitative estimate of drug-likeness (QED) is 0.533. The largest absolute Gasteiger partial charge is 0.508 e. The Morgan fingerprint density at radius 3 is 2.12 bits per heavy atom. The number of anilines is 1. The molecule has 0 radical (unpaired) electrons. The fraction of sp³-hybridized carbons (Fsp3) is 0.154. The first-order valence-electron chi connectivity index (χ1n) is 10.7. The highest BCUT2D eigenvalue weighted by molar-refractivity contribution is 6.00. The molecule has 1 N–H and O–H groups in total. The van der Waals surface area contributed by atoms with Crippen LogP contribution in [0.5, 0.6) is 5.75 Å². The Morgan fingerprint density at radius 1 is 0.781 bits per heavy atom. The lowest BCUT2D eigenvalue weighted by Gasteiger charge is -2.36. The van der Waals surface area contributed by atoms with Crippen molar-refractivity contribution in [3.05, 3.63) is 96.7 Å². The van der Waals surface area contributed by atoms with Crippen LogP contribution in [0.1, 0.15) is 10.4 Å². The van der Waals surface area contributed by atoms with Crippen molar-refractivity contribution >= 4 is 11.6 Å². The first kappa shape index (κ1) is 19.9. The van der Waals surface area contributed by atoms with Crippen LogP contribution in [-0.4, -0.2) is 51.9 Å². The van der Waals surface area contributed by atoms with Gasteiger partial charge < -0.3 is 14.9 Å². The van der Waals surface area contributed by atoms with Crippen LogP contribution < -0.4 is 4.90 Å². The molecule has 0 unspecified atom stereocenters. The molecule has 160 valence electrons. The Kier molecular flexibility index (Phi) is 5.34. The molecule has 4 aromatic rings. The number of phenolic OH excluding ortho intramolecular Hbond substituents is 1. The Labute approximate surface area is 187 Å². The molecule has 5 rings (SSSR count). The predicted octanol–water partition coefficient (Wildman–Crippen LogP) is 4.21. The van der Waals surface area contributed by atoms with Gasteiger partial charge in [0.15, 0.2) is 0 Å². The van der Waals surface area contributed by atoms with Crippen LogP contribution in [0.25, 0.3) is 16.9 Å². The van der Waals surface area contributed by atoms with E-state index in [0.717, 1.165) is 16.9 Å². The van der Waals surface area contributed by atoms with Crippen LogP contribution in [0, 0.1) is 0 Å². The summed E-state index contributed by atoms with van der Waals surface area (Å²) in [6, 6.07) is 26.9. The zero-order valence-corrected chi connectivity index (χ0v) is 17.6. The van der Waals surface area contributed by atoms with Gasteiger partial charge in [-0.05, 0) is 24.3 Å². The number of benzene rings is 3. The summed E-state index contributed by atoms with van der Waals surface area (Å²) in [7, 11) is 0. The highest BCUT2D eigenvalue weighted by Crippen LogP contribution is 2.26. The van der Waals surface area contributed by atoms with Crippen LogP contribution in [0.15, 0.2) is 91.1 Å². The number of carbonyl (C=O) groups excluding carboxylic acids is 1. The van der Waals surface area contributed by atoms with E-state index in [0.29, 0.717) is 37.4 Å². The summed E-state index contributed by atoms with van der Waals surface area (Å²) < 4.78 is 1.78. The number of carbonyl (C=O) groups is 1. The van der Waals surface area contributed by atoms with E-state index in [-0.39, 0.29) is 11.7 Å². The molecule has 2 heterocycles. The first-order valence-corrected chi connectivity index (χ1v) is 10.7. The van der Waals surface area contributed by atoms with Gasteiger partial charge in [0.05, 0.1) is 11.3 Å². The highest BCUT2D eigenvalue weighted by Gasteiger charge is 2.26. The minimum absolute atomic E-state index is 0.0124.